The van der Waals surface area contributed by atoms with Crippen LogP contribution in [-0.2, 0) is 5.41 Å². The van der Waals surface area contributed by atoms with Gasteiger partial charge in [0, 0.05) is 42.5 Å². The van der Waals surface area contributed by atoms with Gasteiger partial charge in [-0.15, -0.1) is 11.3 Å². The van der Waals surface area contributed by atoms with Gasteiger partial charge in [-0.2, -0.15) is 0 Å². The van der Waals surface area contributed by atoms with Crippen molar-refractivity contribution in [3.8, 4) is 55.6 Å². The van der Waals surface area contributed by atoms with Gasteiger partial charge in [-0.25, -0.2) is 0 Å². The lowest BCUT2D eigenvalue weighted by Crippen LogP contribution is -2.14. The monoisotopic (exact) mass is 771 g/mol. The van der Waals surface area contributed by atoms with Gasteiger partial charge >= 0.3 is 0 Å². The van der Waals surface area contributed by atoms with Gasteiger partial charge in [0.05, 0.1) is 5.69 Å². The van der Waals surface area contributed by atoms with Crippen LogP contribution in [0.15, 0.2) is 212 Å². The average Bonchev–Trinajstić information content (AvgIpc) is 3.78. The summed E-state index contributed by atoms with van der Waals surface area (Å²) < 4.78 is 2.59. The molecule has 0 atom stereocenters. The molecule has 1 aromatic heterocycles. The van der Waals surface area contributed by atoms with Gasteiger partial charge in [0.1, 0.15) is 0 Å². The van der Waals surface area contributed by atoms with Crippen LogP contribution in [0.25, 0.3) is 75.8 Å². The van der Waals surface area contributed by atoms with Crippen molar-refractivity contribution in [3.05, 3.63) is 223 Å². The van der Waals surface area contributed by atoms with E-state index in [1.165, 1.54) is 86.9 Å². The molecular formula is C57H41NS. The van der Waals surface area contributed by atoms with Crippen LogP contribution in [0.3, 0.4) is 0 Å². The molecule has 10 aromatic rings. The summed E-state index contributed by atoms with van der Waals surface area (Å²) in [6.07, 6.45) is 0. The molecule has 0 fully saturated rings. The second-order valence-corrected chi connectivity index (χ2v) is 17.2. The van der Waals surface area contributed by atoms with Crippen LogP contribution in [0.5, 0.6) is 0 Å². The fourth-order valence-corrected chi connectivity index (χ4v) is 10.5. The second kappa shape index (κ2) is 14.1. The number of hydrogen-bond acceptors (Lipinski definition) is 2. The smallest absolute Gasteiger partial charge is 0.0546 e. The molecule has 0 N–H and O–H groups in total. The van der Waals surface area contributed by atoms with E-state index in [4.69, 9.17) is 0 Å². The normalized spacial score (nSPS) is 12.7. The Kier molecular flexibility index (Phi) is 8.43. The van der Waals surface area contributed by atoms with Gasteiger partial charge in [0.15, 0.2) is 0 Å². The fourth-order valence-electron chi connectivity index (χ4n) is 9.44. The minimum absolute atomic E-state index is 0.0379. The van der Waals surface area contributed by atoms with E-state index >= 15 is 0 Å². The lowest BCUT2D eigenvalue weighted by Gasteiger charge is -2.30. The molecule has 0 aliphatic heterocycles. The maximum Gasteiger partial charge on any atom is 0.0546 e. The lowest BCUT2D eigenvalue weighted by molar-refractivity contribution is 0.660. The van der Waals surface area contributed by atoms with E-state index in [2.05, 4.69) is 231 Å². The zero-order valence-electron chi connectivity index (χ0n) is 33.1. The summed E-state index contributed by atoms with van der Waals surface area (Å²) in [6.45, 7) is 4.70. The quantitative estimate of drug-likeness (QED) is 0.156. The Morgan fingerprint density at radius 1 is 0.356 bits per heavy atom. The van der Waals surface area contributed by atoms with Crippen molar-refractivity contribution in [2.75, 3.05) is 4.90 Å². The highest BCUT2D eigenvalue weighted by molar-refractivity contribution is 7.25. The first kappa shape index (κ1) is 35.2. The summed E-state index contributed by atoms with van der Waals surface area (Å²) >= 11 is 1.86. The minimum Gasteiger partial charge on any atom is -0.310 e. The minimum atomic E-state index is -0.0379. The largest absolute Gasteiger partial charge is 0.310 e. The lowest BCUT2D eigenvalue weighted by atomic mass is 9.82. The molecule has 9 aromatic carbocycles. The third kappa shape index (κ3) is 5.91. The summed E-state index contributed by atoms with van der Waals surface area (Å²) in [6, 6.07) is 78.3. The standard InChI is InChI=1S/C57H41NS/c1-57(2)51-28-13-11-24-46(51)49-36-41(31-33-52(49)57)40-21-15-22-42(35-40)58(43-32-34-55-50(37-43)47-25-12-14-30-54(47)59-55)53-29-16-27-45(39-19-7-4-8-20-39)56(53)48-26-10-9-23-44(48)38-17-5-3-6-18-38/h3-37H,1-2H3. The van der Waals surface area contributed by atoms with Crippen LogP contribution < -0.4 is 4.90 Å². The van der Waals surface area contributed by atoms with Crippen molar-refractivity contribution in [1.29, 1.82) is 0 Å². The van der Waals surface area contributed by atoms with Gasteiger partial charge < -0.3 is 4.90 Å². The molecule has 0 saturated heterocycles. The van der Waals surface area contributed by atoms with Crippen LogP contribution in [0.1, 0.15) is 25.0 Å². The van der Waals surface area contributed by atoms with Crippen molar-refractivity contribution in [1.82, 2.24) is 0 Å². The number of thiophene rings is 1. The third-order valence-electron chi connectivity index (χ3n) is 12.3. The average molecular weight is 772 g/mol. The maximum atomic E-state index is 2.49. The first-order chi connectivity index (χ1) is 29.0. The molecule has 1 aliphatic carbocycles. The molecule has 0 spiro atoms. The van der Waals surface area contributed by atoms with E-state index in [1.807, 2.05) is 11.3 Å². The highest BCUT2D eigenvalue weighted by atomic mass is 32.1. The van der Waals surface area contributed by atoms with E-state index in [9.17, 15) is 0 Å². The van der Waals surface area contributed by atoms with E-state index in [0.717, 1.165) is 17.1 Å². The molecule has 0 amide bonds. The molecule has 1 nitrogen and oxygen atoms in total. The maximum absolute atomic E-state index is 2.49. The molecule has 1 heterocycles. The number of nitrogens with zero attached hydrogens (tertiary/aromatic N) is 1. The number of anilines is 3. The predicted octanol–water partition coefficient (Wildman–Crippen LogP) is 16.5. The molecule has 0 saturated carbocycles. The Labute approximate surface area is 350 Å². The van der Waals surface area contributed by atoms with Crippen LogP contribution >= 0.6 is 11.3 Å². The molecule has 59 heavy (non-hydrogen) atoms. The van der Waals surface area contributed by atoms with Gasteiger partial charge in [0.2, 0.25) is 0 Å². The van der Waals surface area contributed by atoms with Crippen molar-refractivity contribution >= 4 is 48.6 Å². The van der Waals surface area contributed by atoms with Crippen molar-refractivity contribution in [2.45, 2.75) is 19.3 Å². The molecule has 0 radical (unpaired) electrons. The van der Waals surface area contributed by atoms with E-state index < -0.39 is 0 Å². The molecule has 2 heteroatoms. The van der Waals surface area contributed by atoms with Crippen molar-refractivity contribution in [3.63, 3.8) is 0 Å². The highest BCUT2D eigenvalue weighted by Gasteiger charge is 2.35. The zero-order chi connectivity index (χ0) is 39.5. The summed E-state index contributed by atoms with van der Waals surface area (Å²) in [5.41, 5.74) is 18.3. The third-order valence-corrected chi connectivity index (χ3v) is 13.4. The summed E-state index contributed by atoms with van der Waals surface area (Å²) in [7, 11) is 0. The highest BCUT2D eigenvalue weighted by Crippen LogP contribution is 2.51. The van der Waals surface area contributed by atoms with Crippen molar-refractivity contribution < 1.29 is 0 Å². The zero-order valence-corrected chi connectivity index (χ0v) is 33.9. The fraction of sp³-hybridized carbons (Fsp3) is 0.0526. The van der Waals surface area contributed by atoms with Crippen LogP contribution in [0, 0.1) is 0 Å². The Balaban J connectivity index is 1.17. The van der Waals surface area contributed by atoms with Crippen molar-refractivity contribution in [2.24, 2.45) is 0 Å². The summed E-state index contributed by atoms with van der Waals surface area (Å²) in [4.78, 5) is 2.49. The molecule has 0 bridgehead atoms. The molecular weight excluding hydrogens is 731 g/mol. The van der Waals surface area contributed by atoms with E-state index in [-0.39, 0.29) is 5.41 Å². The first-order valence-electron chi connectivity index (χ1n) is 20.4. The number of rotatable bonds is 7. The van der Waals surface area contributed by atoms with Crippen LogP contribution in [-0.4, -0.2) is 0 Å². The first-order valence-corrected chi connectivity index (χ1v) is 21.2. The van der Waals surface area contributed by atoms with E-state index in [1.54, 1.807) is 0 Å². The van der Waals surface area contributed by atoms with Crippen LogP contribution in [0.4, 0.5) is 17.1 Å². The number of benzene rings is 9. The van der Waals surface area contributed by atoms with E-state index in [0.29, 0.717) is 0 Å². The summed E-state index contributed by atoms with van der Waals surface area (Å²) in [5.74, 6) is 0. The van der Waals surface area contributed by atoms with Gasteiger partial charge in [0.25, 0.3) is 0 Å². The SMILES string of the molecule is CC1(C)c2ccccc2-c2cc(-c3cccc(N(c4ccc5sc6ccccc6c5c4)c4cccc(-c5ccccc5)c4-c4ccccc4-c4ccccc4)c3)ccc21. The Bertz CT molecular complexity index is 3190. The second-order valence-electron chi connectivity index (χ2n) is 16.1. The van der Waals surface area contributed by atoms with Gasteiger partial charge in [-0.1, -0.05) is 178 Å². The van der Waals surface area contributed by atoms with Gasteiger partial charge in [-0.05, 0) is 110 Å². The summed E-state index contributed by atoms with van der Waals surface area (Å²) in [5, 5.41) is 2.56. The molecule has 1 aliphatic rings. The molecule has 0 unspecified atom stereocenters. The van der Waals surface area contributed by atoms with Gasteiger partial charge in [-0.3, -0.25) is 0 Å². The Morgan fingerprint density at radius 2 is 0.932 bits per heavy atom. The Hall–Kier alpha value is -7.00. The molecule has 11 rings (SSSR count). The van der Waals surface area contributed by atoms with Crippen LogP contribution in [0.2, 0.25) is 0 Å². The number of fused-ring (bicyclic) bond motifs is 6. The predicted molar refractivity (Wildman–Crippen MR) is 253 cm³/mol. The number of hydrogen-bond donors (Lipinski definition) is 0. The molecule has 280 valence electrons. The Morgan fingerprint density at radius 3 is 1.75 bits per heavy atom. The topological polar surface area (TPSA) is 3.24 Å².